The van der Waals surface area contributed by atoms with Gasteiger partial charge in [0.25, 0.3) is 0 Å². The van der Waals surface area contributed by atoms with E-state index in [0.29, 0.717) is 32.6 Å². The second-order valence-electron chi connectivity index (χ2n) is 9.63. The van der Waals surface area contributed by atoms with Crippen LogP contribution in [0.3, 0.4) is 0 Å². The molecule has 4 atom stereocenters. The van der Waals surface area contributed by atoms with Crippen molar-refractivity contribution in [1.29, 1.82) is 0 Å². The highest BCUT2D eigenvalue weighted by Crippen LogP contribution is 2.47. The lowest BCUT2D eigenvalue weighted by atomic mass is 9.85. The van der Waals surface area contributed by atoms with Crippen LogP contribution in [-0.2, 0) is 9.59 Å². The molecule has 0 N–H and O–H groups in total. The summed E-state index contributed by atoms with van der Waals surface area (Å²) in [4.78, 5) is 57.9. The summed E-state index contributed by atoms with van der Waals surface area (Å²) in [6.45, 7) is 0. The molecule has 0 bridgehead atoms. The number of methoxy groups -OCH3 is 1. The van der Waals surface area contributed by atoms with Gasteiger partial charge in [0.1, 0.15) is 11.8 Å². The van der Waals surface area contributed by atoms with Crippen molar-refractivity contribution >= 4 is 45.0 Å². The lowest BCUT2D eigenvalue weighted by Crippen LogP contribution is -2.46. The number of anilines is 1. The van der Waals surface area contributed by atoms with E-state index in [1.54, 1.807) is 96.0 Å². The molecule has 2 amide bonds. The number of fused-ring (bicyclic) bond motifs is 3. The van der Waals surface area contributed by atoms with Gasteiger partial charge in [0.15, 0.2) is 11.6 Å². The smallest absolute Gasteiger partial charge is 0.240 e. The number of ether oxygens (including phenoxy) is 1. The largest absolute Gasteiger partial charge is 0.496 e. The first-order chi connectivity index (χ1) is 18.9. The Kier molecular flexibility index (Phi) is 6.27. The number of hydrogen-bond acceptors (Lipinski definition) is 6. The molecule has 194 valence electrons. The van der Waals surface area contributed by atoms with Crippen LogP contribution in [0.1, 0.15) is 20.7 Å². The zero-order valence-corrected chi connectivity index (χ0v) is 22.4. The average Bonchev–Trinajstić information content (AvgIpc) is 3.44. The summed E-state index contributed by atoms with van der Waals surface area (Å²) in [6.07, 6.45) is 5.05. The summed E-state index contributed by atoms with van der Waals surface area (Å²) in [7, 11) is 1.54. The minimum absolute atomic E-state index is 0.186. The topological polar surface area (TPSA) is 84.0 Å². The van der Waals surface area contributed by atoms with Crippen LogP contribution in [0.4, 0.5) is 5.69 Å². The first-order valence-corrected chi connectivity index (χ1v) is 13.3. The summed E-state index contributed by atoms with van der Waals surface area (Å²) in [6, 6.07) is 21.0. The third kappa shape index (κ3) is 4.03. The number of nitrogens with zero attached hydrogens (tertiary/aromatic N) is 2. The standard InChI is InChI=1S/C31H23BrN2O5/c1-39-24-13-12-19(16-22(24)32)29(36)27-26-25(30(37)34(31(26)38)21-10-6-3-7-11-21)23-17-20(14-15-33(23)27)28(35)18-8-4-2-5-9-18/h2-17,23,25-27H,1H3/t23-,25-,26-,27-/m1/s1. The van der Waals surface area contributed by atoms with Gasteiger partial charge in [0.2, 0.25) is 11.8 Å². The van der Waals surface area contributed by atoms with Gasteiger partial charge in [-0.05, 0) is 52.3 Å². The van der Waals surface area contributed by atoms with Crippen molar-refractivity contribution in [2.24, 2.45) is 11.8 Å². The van der Waals surface area contributed by atoms with E-state index < -0.39 is 29.8 Å². The third-order valence-electron chi connectivity index (χ3n) is 7.57. The van der Waals surface area contributed by atoms with Gasteiger partial charge in [0.05, 0.1) is 35.1 Å². The van der Waals surface area contributed by atoms with Crippen molar-refractivity contribution < 1.29 is 23.9 Å². The average molecular weight is 583 g/mol. The van der Waals surface area contributed by atoms with E-state index in [9.17, 15) is 19.2 Å². The van der Waals surface area contributed by atoms with Crippen molar-refractivity contribution in [3.8, 4) is 5.75 Å². The number of carbonyl (C=O) groups is 4. The van der Waals surface area contributed by atoms with Crippen LogP contribution >= 0.6 is 15.9 Å². The zero-order chi connectivity index (χ0) is 27.3. The fourth-order valence-corrected chi connectivity index (χ4v) is 6.32. The van der Waals surface area contributed by atoms with Crippen molar-refractivity contribution in [2.75, 3.05) is 12.0 Å². The maximum Gasteiger partial charge on any atom is 0.240 e. The van der Waals surface area contributed by atoms with Gasteiger partial charge in [-0.3, -0.25) is 19.2 Å². The number of halogens is 1. The number of para-hydroxylation sites is 1. The lowest BCUT2D eigenvalue weighted by molar-refractivity contribution is -0.123. The molecule has 0 aliphatic carbocycles. The molecule has 3 aliphatic rings. The number of imide groups is 1. The first kappa shape index (κ1) is 25.0. The van der Waals surface area contributed by atoms with Gasteiger partial charge in [-0.25, -0.2) is 4.90 Å². The second-order valence-corrected chi connectivity index (χ2v) is 10.5. The number of Topliss-reactive ketones (excluding diaryl/α,β-unsaturated/α-hetero) is 2. The number of amides is 2. The molecule has 2 fully saturated rings. The number of allylic oxidation sites excluding steroid dienone is 2. The Bertz CT molecular complexity index is 1570. The lowest BCUT2D eigenvalue weighted by Gasteiger charge is -2.32. The van der Waals surface area contributed by atoms with Gasteiger partial charge >= 0.3 is 0 Å². The Labute approximate surface area is 233 Å². The van der Waals surface area contributed by atoms with Gasteiger partial charge in [0, 0.05) is 22.9 Å². The number of benzene rings is 3. The van der Waals surface area contributed by atoms with E-state index in [1.165, 1.54) is 12.0 Å². The molecule has 7 nitrogen and oxygen atoms in total. The van der Waals surface area contributed by atoms with Crippen LogP contribution in [-0.4, -0.2) is 47.5 Å². The molecular weight excluding hydrogens is 560 g/mol. The van der Waals surface area contributed by atoms with E-state index in [4.69, 9.17) is 4.74 Å². The highest BCUT2D eigenvalue weighted by atomic mass is 79.9. The SMILES string of the molecule is COc1ccc(C(=O)[C@H]2[C@@H]3C(=O)N(c4ccccc4)C(=O)[C@@H]3[C@H]3C=C(C(=O)c4ccccc4)C=CN32)cc1Br. The van der Waals surface area contributed by atoms with E-state index in [0.717, 1.165) is 0 Å². The summed E-state index contributed by atoms with van der Waals surface area (Å²) in [5.74, 6) is -2.44. The Morgan fingerprint density at radius 2 is 1.51 bits per heavy atom. The van der Waals surface area contributed by atoms with Crippen LogP contribution in [0.2, 0.25) is 0 Å². The van der Waals surface area contributed by atoms with Crippen LogP contribution in [0, 0.1) is 11.8 Å². The molecule has 0 spiro atoms. The normalized spacial score (nSPS) is 23.4. The van der Waals surface area contributed by atoms with Crippen molar-refractivity contribution in [3.63, 3.8) is 0 Å². The summed E-state index contributed by atoms with van der Waals surface area (Å²) in [5.41, 5.74) is 1.78. The second kappa shape index (κ2) is 9.78. The maximum absolute atomic E-state index is 14.0. The van der Waals surface area contributed by atoms with Gasteiger partial charge < -0.3 is 9.64 Å². The molecule has 3 aromatic carbocycles. The predicted octanol–water partition coefficient (Wildman–Crippen LogP) is 4.84. The van der Waals surface area contributed by atoms with Crippen LogP contribution in [0.5, 0.6) is 5.75 Å². The van der Waals surface area contributed by atoms with Crippen LogP contribution < -0.4 is 9.64 Å². The molecule has 3 aliphatic heterocycles. The highest BCUT2D eigenvalue weighted by Gasteiger charge is 2.63. The molecule has 6 rings (SSSR count). The fraction of sp³-hybridized carbons (Fsp3) is 0.161. The predicted molar refractivity (Wildman–Crippen MR) is 148 cm³/mol. The molecular formula is C31H23BrN2O5. The van der Waals surface area contributed by atoms with Crippen molar-refractivity contribution in [1.82, 2.24) is 4.90 Å². The summed E-state index contributed by atoms with van der Waals surface area (Å²) < 4.78 is 5.90. The minimum Gasteiger partial charge on any atom is -0.496 e. The number of ketones is 2. The first-order valence-electron chi connectivity index (χ1n) is 12.5. The molecule has 0 unspecified atom stereocenters. The molecule has 39 heavy (non-hydrogen) atoms. The maximum atomic E-state index is 14.0. The Hall–Kier alpha value is -4.30. The van der Waals surface area contributed by atoms with E-state index in [-0.39, 0.29) is 17.5 Å². The molecule has 0 aromatic heterocycles. The molecule has 2 saturated heterocycles. The molecule has 8 heteroatoms. The van der Waals surface area contributed by atoms with E-state index in [1.807, 2.05) is 6.07 Å². The van der Waals surface area contributed by atoms with Crippen LogP contribution in [0.15, 0.2) is 107 Å². The fourth-order valence-electron chi connectivity index (χ4n) is 5.78. The molecule has 0 radical (unpaired) electrons. The van der Waals surface area contributed by atoms with Crippen molar-refractivity contribution in [2.45, 2.75) is 12.1 Å². The highest BCUT2D eigenvalue weighted by molar-refractivity contribution is 9.10. The molecule has 3 aromatic rings. The van der Waals surface area contributed by atoms with Gasteiger partial charge in [-0.1, -0.05) is 54.6 Å². The Balaban J connectivity index is 1.43. The minimum atomic E-state index is -0.925. The zero-order valence-electron chi connectivity index (χ0n) is 20.9. The Morgan fingerprint density at radius 3 is 2.18 bits per heavy atom. The monoisotopic (exact) mass is 582 g/mol. The van der Waals surface area contributed by atoms with Crippen LogP contribution in [0.25, 0.3) is 0 Å². The number of carbonyl (C=O) groups excluding carboxylic acids is 4. The van der Waals surface area contributed by atoms with E-state index in [2.05, 4.69) is 15.9 Å². The number of hydrogen-bond donors (Lipinski definition) is 0. The molecule has 3 heterocycles. The quantitative estimate of drug-likeness (QED) is 0.305. The molecule has 0 saturated carbocycles. The van der Waals surface area contributed by atoms with Crippen molar-refractivity contribution in [3.05, 3.63) is 118 Å². The number of rotatable bonds is 6. The van der Waals surface area contributed by atoms with Gasteiger partial charge in [-0.2, -0.15) is 0 Å². The third-order valence-corrected chi connectivity index (χ3v) is 8.19. The van der Waals surface area contributed by atoms with E-state index >= 15 is 0 Å². The summed E-state index contributed by atoms with van der Waals surface area (Å²) in [5, 5.41) is 0. The Morgan fingerprint density at radius 1 is 0.846 bits per heavy atom. The summed E-state index contributed by atoms with van der Waals surface area (Å²) >= 11 is 3.44. The van der Waals surface area contributed by atoms with Gasteiger partial charge in [-0.15, -0.1) is 0 Å².